The number of nitrogens with zero attached hydrogens (tertiary/aromatic N) is 2. The van der Waals surface area contributed by atoms with Crippen molar-refractivity contribution in [1.82, 2.24) is 4.90 Å². The van der Waals surface area contributed by atoms with Crippen molar-refractivity contribution in [2.75, 3.05) is 18.0 Å². The van der Waals surface area contributed by atoms with Gasteiger partial charge >= 0.3 is 0 Å². The smallest absolute Gasteiger partial charge is 0.257 e. The lowest BCUT2D eigenvalue weighted by Gasteiger charge is -2.38. The van der Waals surface area contributed by atoms with E-state index in [0.717, 1.165) is 17.3 Å². The van der Waals surface area contributed by atoms with Gasteiger partial charge in [-0.2, -0.15) is 0 Å². The highest BCUT2D eigenvalue weighted by atomic mass is 19.1. The molecule has 0 bridgehead atoms. The van der Waals surface area contributed by atoms with Crippen molar-refractivity contribution in [3.05, 3.63) is 65.2 Å². The minimum atomic E-state index is -0.843. The van der Waals surface area contributed by atoms with Gasteiger partial charge in [0.15, 0.2) is 5.60 Å². The van der Waals surface area contributed by atoms with Gasteiger partial charge in [0.1, 0.15) is 17.9 Å². The van der Waals surface area contributed by atoms with Crippen molar-refractivity contribution in [3.63, 3.8) is 0 Å². The highest BCUT2D eigenvalue weighted by Crippen LogP contribution is 2.48. The normalized spacial score (nSPS) is 24.9. The molecule has 3 saturated heterocycles. The maximum atomic E-state index is 13.7. The number of carbonyl (C=O) groups is 1. The Labute approximate surface area is 174 Å². The van der Waals surface area contributed by atoms with Crippen molar-refractivity contribution < 1.29 is 18.3 Å². The summed E-state index contributed by atoms with van der Waals surface area (Å²) in [4.78, 5) is 17.4. The highest BCUT2D eigenvalue weighted by Gasteiger charge is 2.58. The van der Waals surface area contributed by atoms with E-state index in [9.17, 15) is 13.6 Å². The fourth-order valence-electron chi connectivity index (χ4n) is 5.03. The van der Waals surface area contributed by atoms with Crippen molar-refractivity contribution in [2.45, 2.75) is 43.6 Å². The molecule has 5 rings (SSSR count). The Bertz CT molecular complexity index is 1000. The van der Waals surface area contributed by atoms with Gasteiger partial charge in [-0.3, -0.25) is 4.79 Å². The summed E-state index contributed by atoms with van der Waals surface area (Å²) in [7, 11) is 0. The van der Waals surface area contributed by atoms with E-state index in [2.05, 4.69) is 10.8 Å². The number of benzene rings is 2. The summed E-state index contributed by atoms with van der Waals surface area (Å²) in [5, 5.41) is 0. The molecule has 3 heterocycles. The first-order valence-electron chi connectivity index (χ1n) is 10.3. The molecular weight excluding hydrogens is 386 g/mol. The van der Waals surface area contributed by atoms with Crippen molar-refractivity contribution >= 4 is 11.6 Å². The number of terminal acetylenes is 1. The molecule has 3 aliphatic rings. The van der Waals surface area contributed by atoms with Crippen LogP contribution in [0, 0.1) is 24.0 Å². The van der Waals surface area contributed by atoms with E-state index >= 15 is 0 Å². The lowest BCUT2D eigenvalue weighted by atomic mass is 9.89. The topological polar surface area (TPSA) is 32.8 Å². The highest BCUT2D eigenvalue weighted by molar-refractivity contribution is 5.88. The molecule has 2 atom stereocenters. The third kappa shape index (κ3) is 3.05. The molecule has 0 aromatic heterocycles. The summed E-state index contributed by atoms with van der Waals surface area (Å²) in [6, 6.07) is 11.0. The van der Waals surface area contributed by atoms with E-state index in [4.69, 9.17) is 11.2 Å². The van der Waals surface area contributed by atoms with Gasteiger partial charge in [-0.05, 0) is 54.8 Å². The Morgan fingerprint density at radius 1 is 1.03 bits per heavy atom. The van der Waals surface area contributed by atoms with Crippen LogP contribution >= 0.6 is 0 Å². The number of hydrogen-bond donors (Lipinski definition) is 0. The second kappa shape index (κ2) is 7.10. The number of carbonyl (C=O) groups excluding carboxylic acids is 1. The molecule has 6 heteroatoms. The van der Waals surface area contributed by atoms with Gasteiger partial charge < -0.3 is 14.5 Å². The predicted octanol–water partition coefficient (Wildman–Crippen LogP) is 4.01. The monoisotopic (exact) mass is 408 g/mol. The van der Waals surface area contributed by atoms with Crippen LogP contribution in [-0.2, 0) is 9.53 Å². The maximum absolute atomic E-state index is 13.7. The lowest BCUT2D eigenvalue weighted by molar-refractivity contribution is -0.140. The number of fused-ring (bicyclic) bond motifs is 1. The molecule has 4 nitrogen and oxygen atoms in total. The van der Waals surface area contributed by atoms with Gasteiger partial charge in [-0.25, -0.2) is 8.78 Å². The zero-order valence-electron chi connectivity index (χ0n) is 16.5. The Morgan fingerprint density at radius 2 is 1.70 bits per heavy atom. The van der Waals surface area contributed by atoms with Crippen LogP contribution in [0.15, 0.2) is 42.5 Å². The molecule has 1 spiro atoms. The van der Waals surface area contributed by atoms with Crippen molar-refractivity contribution in [1.29, 1.82) is 0 Å². The van der Waals surface area contributed by atoms with E-state index in [1.54, 1.807) is 4.90 Å². The number of halogens is 2. The number of piperidine rings is 1. The second-order valence-corrected chi connectivity index (χ2v) is 8.25. The molecule has 0 aliphatic carbocycles. The third-order valence-electron chi connectivity index (χ3n) is 6.56. The second-order valence-electron chi connectivity index (χ2n) is 8.25. The predicted molar refractivity (Wildman–Crippen MR) is 109 cm³/mol. The number of hydrogen-bond acceptors (Lipinski definition) is 3. The summed E-state index contributed by atoms with van der Waals surface area (Å²) in [5.74, 6) is 1.31. The molecule has 1 amide bonds. The quantitative estimate of drug-likeness (QED) is 0.704. The molecule has 2 aromatic carbocycles. The molecular formula is C24H22F2N2O2. The average molecular weight is 408 g/mol. The molecule has 3 fully saturated rings. The van der Waals surface area contributed by atoms with Gasteiger partial charge in [0.2, 0.25) is 0 Å². The summed E-state index contributed by atoms with van der Waals surface area (Å²) >= 11 is 0. The van der Waals surface area contributed by atoms with Crippen molar-refractivity contribution in [2.24, 2.45) is 0 Å². The van der Waals surface area contributed by atoms with Gasteiger partial charge in [0.05, 0.1) is 6.04 Å². The van der Waals surface area contributed by atoms with E-state index in [-0.39, 0.29) is 18.2 Å². The Balaban J connectivity index is 1.33. The zero-order valence-corrected chi connectivity index (χ0v) is 16.5. The van der Waals surface area contributed by atoms with Gasteiger partial charge in [-0.1, -0.05) is 5.92 Å². The zero-order chi connectivity index (χ0) is 20.9. The first kappa shape index (κ1) is 19.1. The van der Waals surface area contributed by atoms with Crippen LogP contribution in [0.4, 0.5) is 14.5 Å². The largest absolute Gasteiger partial charge is 0.371 e. The maximum Gasteiger partial charge on any atom is 0.257 e. The average Bonchev–Trinajstić information content (AvgIpc) is 3.26. The van der Waals surface area contributed by atoms with Crippen LogP contribution in [0.3, 0.4) is 0 Å². The van der Waals surface area contributed by atoms with E-state index in [0.29, 0.717) is 44.3 Å². The number of rotatable bonds is 2. The summed E-state index contributed by atoms with van der Waals surface area (Å²) in [6.45, 7) is 1.39. The van der Waals surface area contributed by atoms with Crippen LogP contribution in [0.2, 0.25) is 0 Å². The Hall–Kier alpha value is -2.91. The van der Waals surface area contributed by atoms with Crippen molar-refractivity contribution in [3.8, 4) is 12.3 Å². The molecule has 0 N–H and O–H groups in total. The number of amides is 1. The summed E-state index contributed by atoms with van der Waals surface area (Å²) in [5.41, 5.74) is 1.56. The van der Waals surface area contributed by atoms with Gasteiger partial charge in [-0.15, -0.1) is 6.42 Å². The molecule has 2 aromatic rings. The minimum absolute atomic E-state index is 0.0537. The fourth-order valence-corrected chi connectivity index (χ4v) is 5.03. The Kier molecular flexibility index (Phi) is 4.52. The molecule has 0 unspecified atom stereocenters. The lowest BCUT2D eigenvalue weighted by Crippen LogP contribution is -2.50. The third-order valence-corrected chi connectivity index (χ3v) is 6.56. The van der Waals surface area contributed by atoms with Crippen LogP contribution in [0.5, 0.6) is 0 Å². The molecule has 154 valence electrons. The van der Waals surface area contributed by atoms with Crippen LogP contribution in [-0.4, -0.2) is 35.7 Å². The summed E-state index contributed by atoms with van der Waals surface area (Å²) in [6.07, 6.45) is 7.58. The molecule has 3 aliphatic heterocycles. The fraction of sp³-hybridized carbons (Fsp3) is 0.375. The van der Waals surface area contributed by atoms with Gasteiger partial charge in [0.25, 0.3) is 5.91 Å². The SMILES string of the molecule is C#Cc1ccc(N2CCC3(CC2)O[C@@H]2CC[C@@H](c4cc(F)cc(F)c4)N2C3=O)cc1. The molecule has 0 radical (unpaired) electrons. The van der Waals surface area contributed by atoms with Crippen LogP contribution in [0.1, 0.15) is 42.9 Å². The van der Waals surface area contributed by atoms with E-state index in [1.807, 2.05) is 24.3 Å². The van der Waals surface area contributed by atoms with Crippen LogP contribution < -0.4 is 4.90 Å². The Morgan fingerprint density at radius 3 is 2.33 bits per heavy atom. The molecule has 0 saturated carbocycles. The number of ether oxygens (including phenoxy) is 1. The van der Waals surface area contributed by atoms with E-state index in [1.165, 1.54) is 12.1 Å². The molecule has 30 heavy (non-hydrogen) atoms. The first-order chi connectivity index (χ1) is 14.5. The summed E-state index contributed by atoms with van der Waals surface area (Å²) < 4.78 is 33.8. The first-order valence-corrected chi connectivity index (χ1v) is 10.3. The van der Waals surface area contributed by atoms with Gasteiger partial charge in [0, 0.05) is 43.2 Å². The van der Waals surface area contributed by atoms with E-state index < -0.39 is 17.2 Å². The van der Waals surface area contributed by atoms with Crippen LogP contribution in [0.25, 0.3) is 0 Å². The standard InChI is InChI=1S/C24H22F2N2O2/c1-2-16-3-5-20(6-4-16)27-11-9-24(10-12-27)23(29)28-21(7-8-22(28)30-24)17-13-18(25)15-19(26)14-17/h1,3-6,13-15,21-22H,7-12H2/t21-,22+/m0/s1. The minimum Gasteiger partial charge on any atom is -0.371 e. The number of anilines is 1.